The van der Waals surface area contributed by atoms with Crippen LogP contribution >= 0.6 is 23.1 Å². The van der Waals surface area contributed by atoms with Gasteiger partial charge in [-0.25, -0.2) is 9.97 Å². The first-order valence-electron chi connectivity index (χ1n) is 7.40. The summed E-state index contributed by atoms with van der Waals surface area (Å²) in [6.07, 6.45) is 3.56. The first-order chi connectivity index (χ1) is 12.2. The van der Waals surface area contributed by atoms with Crippen LogP contribution in [0.3, 0.4) is 0 Å². The van der Waals surface area contributed by atoms with Gasteiger partial charge in [0, 0.05) is 17.1 Å². The molecule has 0 saturated carbocycles. The zero-order valence-electron chi connectivity index (χ0n) is 13.2. The van der Waals surface area contributed by atoms with Gasteiger partial charge in [0.1, 0.15) is 5.03 Å². The maximum atomic E-state index is 12.5. The molecule has 0 radical (unpaired) electrons. The Kier molecular flexibility index (Phi) is 4.29. The highest BCUT2D eigenvalue weighted by atomic mass is 32.2. The number of hydrogen-bond acceptors (Lipinski definition) is 7. The highest BCUT2D eigenvalue weighted by Crippen LogP contribution is 2.36. The van der Waals surface area contributed by atoms with Gasteiger partial charge in [-0.1, -0.05) is 0 Å². The molecule has 1 aliphatic rings. The quantitative estimate of drug-likeness (QED) is 0.701. The molecule has 3 aromatic rings. The Hall–Kier alpha value is -2.58. The van der Waals surface area contributed by atoms with Crippen LogP contribution < -0.4 is 14.8 Å². The van der Waals surface area contributed by atoms with Crippen LogP contribution in [-0.4, -0.2) is 28.9 Å². The summed E-state index contributed by atoms with van der Waals surface area (Å²) in [6.45, 7) is 0.236. The van der Waals surface area contributed by atoms with E-state index in [2.05, 4.69) is 15.3 Å². The van der Waals surface area contributed by atoms with Crippen molar-refractivity contribution < 1.29 is 14.3 Å². The Morgan fingerprint density at radius 2 is 2.16 bits per heavy atom. The Balaban J connectivity index is 1.54. The predicted octanol–water partition coefficient (Wildman–Crippen LogP) is 3.91. The van der Waals surface area contributed by atoms with Gasteiger partial charge in [0.15, 0.2) is 16.6 Å². The Bertz CT molecular complexity index is 942. The number of fused-ring (bicyclic) bond motifs is 1. The lowest BCUT2D eigenvalue weighted by atomic mass is 10.1. The largest absolute Gasteiger partial charge is 0.454 e. The van der Waals surface area contributed by atoms with Gasteiger partial charge in [0.05, 0.1) is 11.3 Å². The third-order valence-electron chi connectivity index (χ3n) is 3.60. The zero-order chi connectivity index (χ0) is 17.2. The molecule has 25 heavy (non-hydrogen) atoms. The van der Waals surface area contributed by atoms with E-state index in [1.54, 1.807) is 18.3 Å². The second-order valence-electron chi connectivity index (χ2n) is 5.12. The standard InChI is InChI=1S/C17H13N3O3S2/c1-24-16-11(3-2-6-18-16)15(21)20-17-19-12(8-25-17)10-4-5-13-14(7-10)23-9-22-13/h2-8H,9H2,1H3,(H,19,20,21). The van der Waals surface area contributed by atoms with Gasteiger partial charge in [0.2, 0.25) is 6.79 Å². The molecule has 0 unspecified atom stereocenters. The van der Waals surface area contributed by atoms with Crippen LogP contribution in [0.15, 0.2) is 46.9 Å². The lowest BCUT2D eigenvalue weighted by Gasteiger charge is -2.05. The van der Waals surface area contributed by atoms with Crippen molar-refractivity contribution in [2.45, 2.75) is 5.03 Å². The molecule has 1 amide bonds. The molecular weight excluding hydrogens is 358 g/mol. The minimum Gasteiger partial charge on any atom is -0.454 e. The van der Waals surface area contributed by atoms with Crippen LogP contribution in [0.4, 0.5) is 5.13 Å². The van der Waals surface area contributed by atoms with Crippen LogP contribution in [0.2, 0.25) is 0 Å². The summed E-state index contributed by atoms with van der Waals surface area (Å²) in [7, 11) is 0. The molecular formula is C17H13N3O3S2. The first-order valence-corrected chi connectivity index (χ1v) is 9.51. The van der Waals surface area contributed by atoms with E-state index in [0.29, 0.717) is 21.5 Å². The van der Waals surface area contributed by atoms with Crippen LogP contribution in [0, 0.1) is 0 Å². The predicted molar refractivity (Wildman–Crippen MR) is 97.6 cm³/mol. The monoisotopic (exact) mass is 371 g/mol. The summed E-state index contributed by atoms with van der Waals surface area (Å²) >= 11 is 2.80. The molecule has 126 valence electrons. The van der Waals surface area contributed by atoms with Crippen LogP contribution in [0.1, 0.15) is 10.4 Å². The van der Waals surface area contributed by atoms with Crippen LogP contribution in [0.25, 0.3) is 11.3 Å². The van der Waals surface area contributed by atoms with Gasteiger partial charge in [-0.05, 0) is 36.6 Å². The van der Waals surface area contributed by atoms with Crippen molar-refractivity contribution in [3.63, 3.8) is 0 Å². The molecule has 0 fully saturated rings. The number of pyridine rings is 1. The summed E-state index contributed by atoms with van der Waals surface area (Å²) in [4.78, 5) is 21.2. The maximum Gasteiger partial charge on any atom is 0.260 e. The summed E-state index contributed by atoms with van der Waals surface area (Å²) in [5, 5.41) is 5.95. The summed E-state index contributed by atoms with van der Waals surface area (Å²) in [5.74, 6) is 1.22. The number of thioether (sulfide) groups is 1. The van der Waals surface area contributed by atoms with E-state index in [1.807, 2.05) is 29.8 Å². The molecule has 8 heteroatoms. The fraction of sp³-hybridized carbons (Fsp3) is 0.118. The number of thiazole rings is 1. The van der Waals surface area contributed by atoms with Crippen molar-refractivity contribution >= 4 is 34.1 Å². The molecule has 0 atom stereocenters. The molecule has 0 saturated heterocycles. The number of anilines is 1. The van der Waals surface area contributed by atoms with Gasteiger partial charge >= 0.3 is 0 Å². The average molecular weight is 371 g/mol. The number of benzene rings is 1. The van der Waals surface area contributed by atoms with Crippen LogP contribution in [-0.2, 0) is 0 Å². The highest BCUT2D eigenvalue weighted by molar-refractivity contribution is 7.98. The number of amides is 1. The Morgan fingerprint density at radius 1 is 1.28 bits per heavy atom. The molecule has 0 aliphatic carbocycles. The number of nitrogens with one attached hydrogen (secondary N) is 1. The second-order valence-corrected chi connectivity index (χ2v) is 6.77. The maximum absolute atomic E-state index is 12.5. The van der Waals surface area contributed by atoms with Gasteiger partial charge < -0.3 is 9.47 Å². The van der Waals surface area contributed by atoms with Crippen molar-refractivity contribution in [1.82, 2.24) is 9.97 Å². The summed E-state index contributed by atoms with van der Waals surface area (Å²) < 4.78 is 10.7. The Morgan fingerprint density at radius 3 is 3.04 bits per heavy atom. The second kappa shape index (κ2) is 6.73. The number of ether oxygens (including phenoxy) is 2. The normalized spacial score (nSPS) is 12.2. The van der Waals surface area contributed by atoms with E-state index < -0.39 is 0 Å². The molecule has 1 N–H and O–H groups in total. The topological polar surface area (TPSA) is 73.3 Å². The average Bonchev–Trinajstić information content (AvgIpc) is 3.30. The number of rotatable bonds is 4. The molecule has 0 bridgehead atoms. The lowest BCUT2D eigenvalue weighted by molar-refractivity contribution is 0.102. The van der Waals surface area contributed by atoms with Crippen LogP contribution in [0.5, 0.6) is 11.5 Å². The smallest absolute Gasteiger partial charge is 0.260 e. The van der Waals surface area contributed by atoms with E-state index in [1.165, 1.54) is 23.1 Å². The van der Waals surface area contributed by atoms with Gasteiger partial charge in [-0.3, -0.25) is 10.1 Å². The number of nitrogens with zero attached hydrogens (tertiary/aromatic N) is 2. The minimum atomic E-state index is -0.218. The molecule has 3 heterocycles. The summed E-state index contributed by atoms with van der Waals surface area (Å²) in [6, 6.07) is 9.15. The van der Waals surface area contributed by atoms with Gasteiger partial charge in [0.25, 0.3) is 5.91 Å². The molecule has 4 rings (SSSR count). The van der Waals surface area contributed by atoms with E-state index in [-0.39, 0.29) is 12.7 Å². The fourth-order valence-corrected chi connectivity index (χ4v) is 3.67. The zero-order valence-corrected chi connectivity index (χ0v) is 14.8. The first kappa shape index (κ1) is 15.9. The number of aromatic nitrogens is 2. The fourth-order valence-electron chi connectivity index (χ4n) is 2.41. The van der Waals surface area contributed by atoms with Crippen molar-refractivity contribution in [2.75, 3.05) is 18.4 Å². The van der Waals surface area contributed by atoms with Crippen molar-refractivity contribution in [2.24, 2.45) is 0 Å². The third kappa shape index (κ3) is 3.18. The number of hydrogen-bond donors (Lipinski definition) is 1. The van der Waals surface area contributed by atoms with E-state index in [0.717, 1.165) is 17.0 Å². The molecule has 2 aromatic heterocycles. The highest BCUT2D eigenvalue weighted by Gasteiger charge is 2.17. The molecule has 1 aliphatic heterocycles. The molecule has 1 aromatic carbocycles. The van der Waals surface area contributed by atoms with Gasteiger partial charge in [-0.15, -0.1) is 23.1 Å². The van der Waals surface area contributed by atoms with Crippen molar-refractivity contribution in [1.29, 1.82) is 0 Å². The third-order valence-corrected chi connectivity index (χ3v) is 5.07. The van der Waals surface area contributed by atoms with E-state index in [9.17, 15) is 4.79 Å². The summed E-state index contributed by atoms with van der Waals surface area (Å²) in [5.41, 5.74) is 2.22. The SMILES string of the molecule is CSc1ncccc1C(=O)Nc1nc(-c2ccc3c(c2)OCO3)cs1. The lowest BCUT2D eigenvalue weighted by Crippen LogP contribution is -2.13. The van der Waals surface area contributed by atoms with Gasteiger partial charge in [-0.2, -0.15) is 0 Å². The Labute approximate surface area is 152 Å². The molecule has 6 nitrogen and oxygen atoms in total. The van der Waals surface area contributed by atoms with Crippen molar-refractivity contribution in [3.05, 3.63) is 47.5 Å². The number of carbonyl (C=O) groups is 1. The number of carbonyl (C=O) groups excluding carboxylic acids is 1. The van der Waals surface area contributed by atoms with Crippen molar-refractivity contribution in [3.8, 4) is 22.8 Å². The van der Waals surface area contributed by atoms with E-state index in [4.69, 9.17) is 9.47 Å². The minimum absolute atomic E-state index is 0.218. The molecule has 0 spiro atoms. The van der Waals surface area contributed by atoms with E-state index >= 15 is 0 Å².